The molecule has 3 rings (SSSR count). The third kappa shape index (κ3) is 2.22. The Hall–Kier alpha value is -0.0800. The van der Waals surface area contributed by atoms with E-state index in [4.69, 9.17) is 4.74 Å². The number of hydrogen-bond donors (Lipinski definition) is 1. The van der Waals surface area contributed by atoms with E-state index in [9.17, 15) is 0 Å². The minimum absolute atomic E-state index is 0.576. The smallest absolute Gasteiger partial charge is 0.0623 e. The highest BCUT2D eigenvalue weighted by Crippen LogP contribution is 2.45. The number of rotatable bonds is 4. The van der Waals surface area contributed by atoms with Gasteiger partial charge in [0.05, 0.1) is 12.2 Å². The monoisotopic (exact) mass is 251 g/mol. The van der Waals surface area contributed by atoms with Gasteiger partial charge < -0.3 is 10.1 Å². The van der Waals surface area contributed by atoms with Gasteiger partial charge in [-0.15, -0.1) is 0 Å². The summed E-state index contributed by atoms with van der Waals surface area (Å²) in [5.41, 5.74) is 0. The summed E-state index contributed by atoms with van der Waals surface area (Å²) in [5.74, 6) is 2.66. The van der Waals surface area contributed by atoms with E-state index in [0.29, 0.717) is 18.2 Å². The van der Waals surface area contributed by atoms with Crippen molar-refractivity contribution >= 4 is 0 Å². The summed E-state index contributed by atoms with van der Waals surface area (Å²) in [6.07, 6.45) is 12.3. The summed E-state index contributed by atoms with van der Waals surface area (Å²) >= 11 is 0. The molecular formula is C16H29NO. The average Bonchev–Trinajstić information content (AvgIpc) is 3.03. The summed E-state index contributed by atoms with van der Waals surface area (Å²) in [5, 5.41) is 3.68. The molecule has 2 heterocycles. The minimum atomic E-state index is 0.576. The predicted molar refractivity (Wildman–Crippen MR) is 74.6 cm³/mol. The second kappa shape index (κ2) is 5.50. The maximum atomic E-state index is 6.09. The summed E-state index contributed by atoms with van der Waals surface area (Å²) in [6.45, 7) is 2.38. The van der Waals surface area contributed by atoms with E-state index < -0.39 is 0 Å². The van der Waals surface area contributed by atoms with Crippen molar-refractivity contribution in [3.8, 4) is 0 Å². The van der Waals surface area contributed by atoms with Crippen molar-refractivity contribution in [3.63, 3.8) is 0 Å². The predicted octanol–water partition coefficient (Wildman–Crippen LogP) is 3.36. The summed E-state index contributed by atoms with van der Waals surface area (Å²) < 4.78 is 6.09. The van der Waals surface area contributed by atoms with Gasteiger partial charge in [-0.1, -0.05) is 32.6 Å². The molecule has 0 aromatic rings. The average molecular weight is 251 g/mol. The third-order valence-corrected chi connectivity index (χ3v) is 5.90. The van der Waals surface area contributed by atoms with Crippen molar-refractivity contribution in [2.75, 3.05) is 7.05 Å². The van der Waals surface area contributed by atoms with Crippen LogP contribution in [0.1, 0.15) is 58.3 Å². The van der Waals surface area contributed by atoms with E-state index in [1.165, 1.54) is 51.4 Å². The molecule has 104 valence electrons. The molecule has 6 atom stereocenters. The first-order valence-corrected chi connectivity index (χ1v) is 8.16. The van der Waals surface area contributed by atoms with Crippen molar-refractivity contribution in [1.82, 2.24) is 5.32 Å². The van der Waals surface area contributed by atoms with Gasteiger partial charge in [0, 0.05) is 12.0 Å². The number of fused-ring (bicyclic) bond motifs is 2. The Balaban J connectivity index is 1.70. The van der Waals surface area contributed by atoms with Gasteiger partial charge in [-0.3, -0.25) is 0 Å². The summed E-state index contributed by atoms with van der Waals surface area (Å²) in [4.78, 5) is 0. The van der Waals surface area contributed by atoms with Gasteiger partial charge in [-0.05, 0) is 44.6 Å². The maximum Gasteiger partial charge on any atom is 0.0623 e. The van der Waals surface area contributed by atoms with E-state index in [1.807, 2.05) is 0 Å². The Morgan fingerprint density at radius 1 is 1.11 bits per heavy atom. The van der Waals surface area contributed by atoms with Crippen molar-refractivity contribution in [2.45, 2.75) is 76.5 Å². The van der Waals surface area contributed by atoms with Gasteiger partial charge in [-0.2, -0.15) is 0 Å². The number of hydrogen-bond acceptors (Lipinski definition) is 2. The van der Waals surface area contributed by atoms with Gasteiger partial charge in [-0.25, -0.2) is 0 Å². The number of ether oxygens (including phenoxy) is 1. The van der Waals surface area contributed by atoms with Gasteiger partial charge in [0.2, 0.25) is 0 Å². The zero-order valence-corrected chi connectivity index (χ0v) is 12.0. The molecule has 18 heavy (non-hydrogen) atoms. The van der Waals surface area contributed by atoms with Crippen LogP contribution in [0.25, 0.3) is 0 Å². The van der Waals surface area contributed by atoms with E-state index in [0.717, 1.165) is 17.8 Å². The molecule has 0 amide bonds. The standard InChI is InChI=1S/C16H29NO/c1-3-11-6-4-5-7-13(11)16(17-2)14-10-12-8-9-15(14)18-12/h11-17H,3-10H2,1-2H3. The highest BCUT2D eigenvalue weighted by atomic mass is 16.5. The number of nitrogens with one attached hydrogen (secondary N) is 1. The fourth-order valence-electron chi connectivity index (χ4n) is 5.02. The molecule has 2 bridgehead atoms. The van der Waals surface area contributed by atoms with E-state index >= 15 is 0 Å². The molecular weight excluding hydrogens is 222 g/mol. The van der Waals surface area contributed by atoms with Crippen LogP contribution >= 0.6 is 0 Å². The van der Waals surface area contributed by atoms with E-state index in [-0.39, 0.29) is 0 Å². The van der Waals surface area contributed by atoms with Crippen molar-refractivity contribution in [1.29, 1.82) is 0 Å². The molecule has 3 fully saturated rings. The topological polar surface area (TPSA) is 21.3 Å². The first-order chi connectivity index (χ1) is 8.83. The molecule has 1 aliphatic carbocycles. The fourth-order valence-corrected chi connectivity index (χ4v) is 5.02. The quantitative estimate of drug-likeness (QED) is 0.827. The van der Waals surface area contributed by atoms with E-state index in [1.54, 1.807) is 0 Å². The Kier molecular flexibility index (Phi) is 3.95. The summed E-state index contributed by atoms with van der Waals surface area (Å²) in [6, 6.07) is 0.713. The molecule has 2 nitrogen and oxygen atoms in total. The minimum Gasteiger partial charge on any atom is -0.375 e. The van der Waals surface area contributed by atoms with Crippen molar-refractivity contribution in [2.24, 2.45) is 17.8 Å². The normalized spacial score (nSPS) is 45.3. The van der Waals surface area contributed by atoms with Crippen molar-refractivity contribution in [3.05, 3.63) is 0 Å². The maximum absolute atomic E-state index is 6.09. The van der Waals surface area contributed by atoms with Gasteiger partial charge in [0.1, 0.15) is 0 Å². The molecule has 2 saturated heterocycles. The van der Waals surface area contributed by atoms with Crippen LogP contribution in [0.2, 0.25) is 0 Å². The molecule has 0 aromatic carbocycles. The van der Waals surface area contributed by atoms with Gasteiger partial charge >= 0.3 is 0 Å². The third-order valence-electron chi connectivity index (χ3n) is 5.90. The molecule has 2 heteroatoms. The lowest BCUT2D eigenvalue weighted by Gasteiger charge is -2.41. The van der Waals surface area contributed by atoms with Crippen LogP contribution in [-0.4, -0.2) is 25.3 Å². The first-order valence-electron chi connectivity index (χ1n) is 8.16. The Bertz CT molecular complexity index is 280. The Morgan fingerprint density at radius 3 is 2.56 bits per heavy atom. The SMILES string of the molecule is CCC1CCCCC1C(NC)C1CC2CCC1O2. The van der Waals surface area contributed by atoms with Crippen LogP contribution in [0.5, 0.6) is 0 Å². The lowest BCUT2D eigenvalue weighted by Crippen LogP contribution is -2.47. The fraction of sp³-hybridized carbons (Fsp3) is 1.00. The van der Waals surface area contributed by atoms with Crippen LogP contribution in [0.15, 0.2) is 0 Å². The van der Waals surface area contributed by atoms with Crippen LogP contribution in [0.4, 0.5) is 0 Å². The van der Waals surface area contributed by atoms with E-state index in [2.05, 4.69) is 19.3 Å². The molecule has 1 saturated carbocycles. The molecule has 2 aliphatic heterocycles. The highest BCUT2D eigenvalue weighted by Gasteiger charge is 2.47. The first kappa shape index (κ1) is 12.9. The zero-order chi connectivity index (χ0) is 12.5. The van der Waals surface area contributed by atoms with Gasteiger partial charge in [0.15, 0.2) is 0 Å². The zero-order valence-electron chi connectivity index (χ0n) is 12.0. The van der Waals surface area contributed by atoms with Crippen LogP contribution in [0, 0.1) is 17.8 Å². The molecule has 3 aliphatic rings. The largest absolute Gasteiger partial charge is 0.375 e. The van der Waals surface area contributed by atoms with Gasteiger partial charge in [0.25, 0.3) is 0 Å². The molecule has 0 aromatic heterocycles. The van der Waals surface area contributed by atoms with Crippen LogP contribution in [-0.2, 0) is 4.74 Å². The summed E-state index contributed by atoms with van der Waals surface area (Å²) in [7, 11) is 2.18. The molecule has 1 N–H and O–H groups in total. The molecule has 0 spiro atoms. The van der Waals surface area contributed by atoms with Crippen LogP contribution in [0.3, 0.4) is 0 Å². The lowest BCUT2D eigenvalue weighted by atomic mass is 9.68. The van der Waals surface area contributed by atoms with Crippen molar-refractivity contribution < 1.29 is 4.74 Å². The highest BCUT2D eigenvalue weighted by molar-refractivity contribution is 4.98. The molecule has 0 radical (unpaired) electrons. The Labute approximate surface area is 112 Å². The lowest BCUT2D eigenvalue weighted by molar-refractivity contribution is 0.0669. The molecule has 6 unspecified atom stereocenters. The van der Waals surface area contributed by atoms with Crippen LogP contribution < -0.4 is 5.32 Å². The second-order valence-corrected chi connectivity index (χ2v) is 6.70. The second-order valence-electron chi connectivity index (χ2n) is 6.70. The Morgan fingerprint density at radius 2 is 1.94 bits per heavy atom.